The lowest BCUT2D eigenvalue weighted by Crippen LogP contribution is -2.36. The van der Waals surface area contributed by atoms with Crippen molar-refractivity contribution < 1.29 is 14.7 Å². The number of Topliss-reactive ketones (excluding diaryl/α,β-unsaturated/α-hetero) is 1. The molecule has 1 aliphatic carbocycles. The zero-order valence-corrected chi connectivity index (χ0v) is 14.8. The van der Waals surface area contributed by atoms with Crippen LogP contribution in [0.25, 0.3) is 0 Å². The van der Waals surface area contributed by atoms with Gasteiger partial charge in [-0.15, -0.1) is 0 Å². The molecule has 3 N–H and O–H groups in total. The molecule has 0 spiro atoms. The summed E-state index contributed by atoms with van der Waals surface area (Å²) in [5.74, 6) is -0.801. The van der Waals surface area contributed by atoms with Gasteiger partial charge in [-0.25, -0.2) is 0 Å². The van der Waals surface area contributed by atoms with Gasteiger partial charge in [-0.1, -0.05) is 6.92 Å². The molecule has 0 aliphatic heterocycles. The number of hydrogen-bond donors (Lipinski definition) is 3. The predicted octanol–water partition coefficient (Wildman–Crippen LogP) is 1.95. The Labute approximate surface area is 146 Å². The molecular weight excluding hydrogens is 320 g/mol. The standard InChI is InChI=1S/C18H22N4O3/c1-5-10(2)20-13-8-15(23)16(13)21-14-7-11(9-19)6-12(17(14)24)18(25)22(3)4/h6-7,10,20-21,24H,5,8H2,1-4H3/t10-/m1/s1. The quantitative estimate of drug-likeness (QED) is 0.683. The number of phenolic OH excluding ortho intramolecular Hbond substituents is 1. The number of phenols is 1. The molecule has 1 aromatic rings. The van der Waals surface area contributed by atoms with Gasteiger partial charge in [0.05, 0.1) is 29.3 Å². The maximum absolute atomic E-state index is 12.2. The van der Waals surface area contributed by atoms with Gasteiger partial charge < -0.3 is 20.6 Å². The second-order valence-electron chi connectivity index (χ2n) is 6.26. The molecule has 0 unspecified atom stereocenters. The summed E-state index contributed by atoms with van der Waals surface area (Å²) < 4.78 is 0. The number of nitrogens with zero attached hydrogens (tertiary/aromatic N) is 2. The molecular formula is C18H22N4O3. The first-order valence-electron chi connectivity index (χ1n) is 8.07. The van der Waals surface area contributed by atoms with Crippen LogP contribution >= 0.6 is 0 Å². The Bertz CT molecular complexity index is 790. The summed E-state index contributed by atoms with van der Waals surface area (Å²) in [6.07, 6.45) is 1.20. The third-order valence-electron chi connectivity index (χ3n) is 4.09. The Kier molecular flexibility index (Phi) is 5.32. The first-order chi connectivity index (χ1) is 11.8. The van der Waals surface area contributed by atoms with Gasteiger partial charge in [0.2, 0.25) is 0 Å². The van der Waals surface area contributed by atoms with Crippen LogP contribution in [-0.2, 0) is 4.79 Å². The van der Waals surface area contributed by atoms with Crippen LogP contribution in [0.5, 0.6) is 5.75 Å². The number of nitriles is 1. The van der Waals surface area contributed by atoms with E-state index in [1.165, 1.54) is 17.0 Å². The second-order valence-corrected chi connectivity index (χ2v) is 6.26. The average Bonchev–Trinajstić information content (AvgIpc) is 2.59. The van der Waals surface area contributed by atoms with Crippen molar-refractivity contribution >= 4 is 17.4 Å². The number of aromatic hydroxyl groups is 1. The zero-order valence-electron chi connectivity index (χ0n) is 14.8. The number of nitrogens with one attached hydrogen (secondary N) is 2. The van der Waals surface area contributed by atoms with Crippen molar-refractivity contribution in [1.82, 2.24) is 10.2 Å². The van der Waals surface area contributed by atoms with Gasteiger partial charge in [-0.05, 0) is 25.5 Å². The molecule has 1 amide bonds. The molecule has 0 saturated heterocycles. The fraction of sp³-hybridized carbons (Fsp3) is 0.389. The van der Waals surface area contributed by atoms with Crippen LogP contribution in [0.1, 0.15) is 42.6 Å². The van der Waals surface area contributed by atoms with Gasteiger partial charge in [0.1, 0.15) is 5.70 Å². The van der Waals surface area contributed by atoms with Gasteiger partial charge in [0.15, 0.2) is 11.5 Å². The van der Waals surface area contributed by atoms with E-state index in [0.717, 1.165) is 12.1 Å². The van der Waals surface area contributed by atoms with Crippen molar-refractivity contribution in [2.45, 2.75) is 32.7 Å². The summed E-state index contributed by atoms with van der Waals surface area (Å²) in [5, 5.41) is 25.7. The van der Waals surface area contributed by atoms with Crippen LogP contribution in [0.4, 0.5) is 5.69 Å². The number of rotatable bonds is 6. The van der Waals surface area contributed by atoms with Gasteiger partial charge >= 0.3 is 0 Å². The van der Waals surface area contributed by atoms with Crippen molar-refractivity contribution in [2.24, 2.45) is 0 Å². The van der Waals surface area contributed by atoms with E-state index in [0.29, 0.717) is 12.1 Å². The molecule has 132 valence electrons. The highest BCUT2D eigenvalue weighted by molar-refractivity contribution is 6.07. The van der Waals surface area contributed by atoms with Crippen LogP contribution in [0, 0.1) is 11.3 Å². The van der Waals surface area contributed by atoms with E-state index in [1.54, 1.807) is 14.1 Å². The third-order valence-corrected chi connectivity index (χ3v) is 4.09. The molecule has 0 radical (unpaired) electrons. The molecule has 1 aromatic carbocycles. The van der Waals surface area contributed by atoms with Crippen LogP contribution in [0.3, 0.4) is 0 Å². The minimum Gasteiger partial charge on any atom is -0.505 e. The molecule has 7 heteroatoms. The van der Waals surface area contributed by atoms with E-state index in [1.807, 2.05) is 19.9 Å². The molecule has 0 bridgehead atoms. The number of hydrogen-bond acceptors (Lipinski definition) is 6. The fourth-order valence-electron chi connectivity index (χ4n) is 2.40. The normalized spacial score (nSPS) is 14.4. The topological polar surface area (TPSA) is 105 Å². The minimum atomic E-state index is -0.426. The molecule has 0 saturated carbocycles. The number of carbonyl (C=O) groups is 2. The fourth-order valence-corrected chi connectivity index (χ4v) is 2.40. The number of ketones is 1. The van der Waals surface area contributed by atoms with E-state index >= 15 is 0 Å². The van der Waals surface area contributed by atoms with Gasteiger partial charge in [-0.2, -0.15) is 5.26 Å². The molecule has 1 aliphatic rings. The molecule has 7 nitrogen and oxygen atoms in total. The monoisotopic (exact) mass is 342 g/mol. The van der Waals surface area contributed by atoms with Gasteiger partial charge in [0.25, 0.3) is 5.91 Å². The van der Waals surface area contributed by atoms with Crippen LogP contribution < -0.4 is 10.6 Å². The maximum atomic E-state index is 12.2. The lowest BCUT2D eigenvalue weighted by atomic mass is 9.97. The number of amides is 1. The van der Waals surface area contributed by atoms with Crippen molar-refractivity contribution in [3.8, 4) is 11.8 Å². The predicted molar refractivity (Wildman–Crippen MR) is 94.0 cm³/mol. The Morgan fingerprint density at radius 2 is 2.12 bits per heavy atom. The molecule has 1 atom stereocenters. The SMILES string of the molecule is CC[C@@H](C)NC1=C(Nc2cc(C#N)cc(C(=O)N(C)C)c2O)C(=O)C1. The van der Waals surface area contributed by atoms with Crippen molar-refractivity contribution in [3.05, 3.63) is 34.7 Å². The maximum Gasteiger partial charge on any atom is 0.257 e. The molecule has 0 fully saturated rings. The Hall–Kier alpha value is -3.01. The highest BCUT2D eigenvalue weighted by atomic mass is 16.3. The van der Waals surface area contributed by atoms with E-state index in [4.69, 9.17) is 0 Å². The van der Waals surface area contributed by atoms with Crippen molar-refractivity contribution in [2.75, 3.05) is 19.4 Å². The number of carbonyl (C=O) groups excluding carboxylic acids is 2. The van der Waals surface area contributed by atoms with Gasteiger partial charge in [0, 0.05) is 25.8 Å². The van der Waals surface area contributed by atoms with Crippen LogP contribution in [0.2, 0.25) is 0 Å². The largest absolute Gasteiger partial charge is 0.505 e. The highest BCUT2D eigenvalue weighted by Gasteiger charge is 2.29. The average molecular weight is 342 g/mol. The van der Waals surface area contributed by atoms with Crippen LogP contribution in [0.15, 0.2) is 23.5 Å². The van der Waals surface area contributed by atoms with E-state index < -0.39 is 5.91 Å². The lowest BCUT2D eigenvalue weighted by molar-refractivity contribution is -0.116. The lowest BCUT2D eigenvalue weighted by Gasteiger charge is -2.27. The Morgan fingerprint density at radius 1 is 1.44 bits per heavy atom. The molecule has 2 rings (SSSR count). The van der Waals surface area contributed by atoms with Crippen LogP contribution in [-0.4, -0.2) is 41.8 Å². The number of benzene rings is 1. The first kappa shape index (κ1) is 18.3. The summed E-state index contributed by atoms with van der Waals surface area (Å²) >= 11 is 0. The van der Waals surface area contributed by atoms with Gasteiger partial charge in [-0.3, -0.25) is 9.59 Å². The first-order valence-corrected chi connectivity index (χ1v) is 8.07. The zero-order chi connectivity index (χ0) is 18.7. The summed E-state index contributed by atoms with van der Waals surface area (Å²) in [6.45, 7) is 4.04. The third kappa shape index (κ3) is 3.74. The summed E-state index contributed by atoms with van der Waals surface area (Å²) in [7, 11) is 3.11. The molecule has 0 aromatic heterocycles. The molecule has 25 heavy (non-hydrogen) atoms. The van der Waals surface area contributed by atoms with Crippen molar-refractivity contribution in [1.29, 1.82) is 5.26 Å². The summed E-state index contributed by atoms with van der Waals surface area (Å²) in [5.41, 5.74) is 1.51. The van der Waals surface area contributed by atoms with Crippen molar-refractivity contribution in [3.63, 3.8) is 0 Å². The molecule has 0 heterocycles. The van der Waals surface area contributed by atoms with E-state index in [-0.39, 0.29) is 34.4 Å². The number of anilines is 1. The Morgan fingerprint density at radius 3 is 2.64 bits per heavy atom. The van der Waals surface area contributed by atoms with E-state index in [2.05, 4.69) is 10.6 Å². The summed E-state index contributed by atoms with van der Waals surface area (Å²) in [6, 6.07) is 4.93. The second kappa shape index (κ2) is 7.26. The minimum absolute atomic E-state index is 0.00959. The summed E-state index contributed by atoms with van der Waals surface area (Å²) in [4.78, 5) is 25.4. The number of allylic oxidation sites excluding steroid dienone is 2. The smallest absolute Gasteiger partial charge is 0.257 e. The Balaban J connectivity index is 2.41. The highest BCUT2D eigenvalue weighted by Crippen LogP contribution is 2.34. The van der Waals surface area contributed by atoms with E-state index in [9.17, 15) is 20.0 Å².